The molecule has 2 rings (SSSR count). The monoisotopic (exact) mass is 295 g/mol. The number of hydrogen-bond donors (Lipinski definition) is 0. The summed E-state index contributed by atoms with van der Waals surface area (Å²) in [5, 5.41) is 3.02. The van der Waals surface area contributed by atoms with Gasteiger partial charge in [-0.15, -0.1) is 11.3 Å². The predicted octanol–water partition coefficient (Wildman–Crippen LogP) is 3.90. The van der Waals surface area contributed by atoms with Gasteiger partial charge in [0.1, 0.15) is 10.8 Å². The maximum Gasteiger partial charge on any atom is 0.139 e. The molecule has 2 heterocycles. The molecule has 4 heteroatoms. The molecule has 0 saturated carbocycles. The molecule has 0 spiro atoms. The fraction of sp³-hybridized carbons (Fsp3) is 0.750. The number of aromatic nitrogens is 1. The van der Waals surface area contributed by atoms with Crippen molar-refractivity contribution in [3.8, 4) is 0 Å². The maximum atomic E-state index is 12.0. The summed E-state index contributed by atoms with van der Waals surface area (Å²) < 4.78 is 5.66. The van der Waals surface area contributed by atoms with Gasteiger partial charge in [0, 0.05) is 23.8 Å². The Kier molecular flexibility index (Phi) is 5.33. The fourth-order valence-electron chi connectivity index (χ4n) is 2.35. The number of ether oxygens (including phenoxy) is 1. The highest BCUT2D eigenvalue weighted by Crippen LogP contribution is 2.24. The third-order valence-electron chi connectivity index (χ3n) is 3.69. The summed E-state index contributed by atoms with van der Waals surface area (Å²) in [6, 6.07) is 0. The molecular weight excluding hydrogens is 270 g/mol. The number of hydrogen-bond acceptors (Lipinski definition) is 4. The van der Waals surface area contributed by atoms with Crippen molar-refractivity contribution in [2.45, 2.75) is 70.8 Å². The summed E-state index contributed by atoms with van der Waals surface area (Å²) in [5.74, 6) is 0.286. The molecule has 1 unspecified atom stereocenters. The smallest absolute Gasteiger partial charge is 0.139 e. The zero-order chi connectivity index (χ0) is 14.6. The third kappa shape index (κ3) is 4.67. The molecule has 1 aromatic heterocycles. The van der Waals surface area contributed by atoms with Crippen molar-refractivity contribution in [2.24, 2.45) is 0 Å². The molecule has 0 aliphatic carbocycles. The van der Waals surface area contributed by atoms with Crippen molar-refractivity contribution in [3.63, 3.8) is 0 Å². The van der Waals surface area contributed by atoms with E-state index >= 15 is 0 Å². The van der Waals surface area contributed by atoms with Crippen LogP contribution in [0.2, 0.25) is 0 Å². The van der Waals surface area contributed by atoms with Crippen LogP contribution in [0.3, 0.4) is 0 Å². The number of carbonyl (C=O) groups excluding carboxylic acids is 1. The average Bonchev–Trinajstić information content (AvgIpc) is 2.86. The van der Waals surface area contributed by atoms with Crippen LogP contribution in [0.15, 0.2) is 5.38 Å². The van der Waals surface area contributed by atoms with E-state index in [0.29, 0.717) is 18.9 Å². The number of ketones is 1. The summed E-state index contributed by atoms with van der Waals surface area (Å²) in [6.07, 6.45) is 5.78. The van der Waals surface area contributed by atoms with Gasteiger partial charge in [-0.2, -0.15) is 0 Å². The summed E-state index contributed by atoms with van der Waals surface area (Å²) in [5.41, 5.74) is 1.15. The molecule has 0 radical (unpaired) electrons. The lowest BCUT2D eigenvalue weighted by molar-refractivity contribution is -0.119. The van der Waals surface area contributed by atoms with Crippen molar-refractivity contribution in [1.82, 2.24) is 4.98 Å². The molecule has 1 saturated heterocycles. The van der Waals surface area contributed by atoms with Gasteiger partial charge in [-0.25, -0.2) is 4.98 Å². The number of thiazole rings is 1. The molecule has 0 bridgehead atoms. The van der Waals surface area contributed by atoms with Crippen LogP contribution < -0.4 is 0 Å². The second-order valence-corrected chi connectivity index (χ2v) is 7.56. The van der Waals surface area contributed by atoms with Gasteiger partial charge in [0.25, 0.3) is 0 Å². The van der Waals surface area contributed by atoms with E-state index in [4.69, 9.17) is 4.74 Å². The Labute approximate surface area is 125 Å². The lowest BCUT2D eigenvalue weighted by Crippen LogP contribution is -2.20. The van der Waals surface area contributed by atoms with Gasteiger partial charge in [-0.3, -0.25) is 4.79 Å². The lowest BCUT2D eigenvalue weighted by Gasteiger charge is -2.21. The van der Waals surface area contributed by atoms with Crippen LogP contribution in [0.4, 0.5) is 0 Å². The zero-order valence-corrected chi connectivity index (χ0v) is 13.6. The highest BCUT2D eigenvalue weighted by Gasteiger charge is 2.19. The van der Waals surface area contributed by atoms with Crippen LogP contribution in [-0.4, -0.2) is 23.5 Å². The van der Waals surface area contributed by atoms with E-state index < -0.39 is 0 Å². The van der Waals surface area contributed by atoms with Gasteiger partial charge in [-0.05, 0) is 25.7 Å². The first-order valence-electron chi connectivity index (χ1n) is 7.53. The molecular formula is C16H25NO2S. The van der Waals surface area contributed by atoms with Crippen molar-refractivity contribution >= 4 is 17.1 Å². The van der Waals surface area contributed by atoms with Crippen LogP contribution in [0.5, 0.6) is 0 Å². The Balaban J connectivity index is 1.77. The standard InChI is InChI=1S/C16H25NO2S/c1-16(2,3)14-11-20-15(17-14)10-12(18)7-8-13-6-4-5-9-19-13/h11,13H,4-10H2,1-3H3. The Morgan fingerprint density at radius 2 is 2.25 bits per heavy atom. The second-order valence-electron chi connectivity index (χ2n) is 6.62. The molecule has 112 valence electrons. The van der Waals surface area contributed by atoms with Crippen molar-refractivity contribution in [2.75, 3.05) is 6.61 Å². The molecule has 1 atom stereocenters. The molecule has 1 aliphatic heterocycles. The van der Waals surface area contributed by atoms with Gasteiger partial charge in [0.2, 0.25) is 0 Å². The molecule has 0 amide bonds. The minimum absolute atomic E-state index is 0.0632. The Morgan fingerprint density at radius 1 is 1.45 bits per heavy atom. The van der Waals surface area contributed by atoms with E-state index in [1.807, 2.05) is 0 Å². The first-order valence-corrected chi connectivity index (χ1v) is 8.41. The van der Waals surface area contributed by atoms with Gasteiger partial charge < -0.3 is 4.74 Å². The second kappa shape index (κ2) is 6.81. The average molecular weight is 295 g/mol. The fourth-order valence-corrected chi connectivity index (χ4v) is 3.40. The first-order chi connectivity index (χ1) is 9.45. The third-order valence-corrected chi connectivity index (χ3v) is 4.54. The minimum atomic E-state index is 0.0632. The summed E-state index contributed by atoms with van der Waals surface area (Å²) in [4.78, 5) is 16.6. The normalized spacial score (nSPS) is 20.1. The first kappa shape index (κ1) is 15.6. The van der Waals surface area contributed by atoms with Crippen LogP contribution >= 0.6 is 11.3 Å². The molecule has 0 N–H and O–H groups in total. The molecule has 1 aliphatic rings. The SMILES string of the molecule is CC(C)(C)c1csc(CC(=O)CCC2CCCCO2)n1. The number of carbonyl (C=O) groups is 1. The van der Waals surface area contributed by atoms with Gasteiger partial charge in [0.05, 0.1) is 18.2 Å². The maximum absolute atomic E-state index is 12.0. The van der Waals surface area contributed by atoms with E-state index in [9.17, 15) is 4.79 Å². The molecule has 20 heavy (non-hydrogen) atoms. The van der Waals surface area contributed by atoms with E-state index in [-0.39, 0.29) is 11.2 Å². The number of Topliss-reactive ketones (excluding diaryl/α,β-unsaturated/α-hetero) is 1. The molecule has 3 nitrogen and oxygen atoms in total. The lowest BCUT2D eigenvalue weighted by atomic mass is 9.93. The van der Waals surface area contributed by atoms with Crippen molar-refractivity contribution < 1.29 is 9.53 Å². The van der Waals surface area contributed by atoms with E-state index in [2.05, 4.69) is 31.1 Å². The van der Waals surface area contributed by atoms with Crippen LogP contribution in [0.1, 0.15) is 63.6 Å². The Hall–Kier alpha value is -0.740. The summed E-state index contributed by atoms with van der Waals surface area (Å²) in [6.45, 7) is 7.30. The van der Waals surface area contributed by atoms with Crippen LogP contribution in [0, 0.1) is 0 Å². The zero-order valence-electron chi connectivity index (χ0n) is 12.8. The predicted molar refractivity (Wildman–Crippen MR) is 82.4 cm³/mol. The topological polar surface area (TPSA) is 39.2 Å². The van der Waals surface area contributed by atoms with Gasteiger partial charge in [0.15, 0.2) is 0 Å². The molecule has 1 fully saturated rings. The van der Waals surface area contributed by atoms with Crippen molar-refractivity contribution in [3.05, 3.63) is 16.1 Å². The van der Waals surface area contributed by atoms with Gasteiger partial charge in [-0.1, -0.05) is 20.8 Å². The Bertz CT molecular complexity index is 442. The van der Waals surface area contributed by atoms with Gasteiger partial charge >= 0.3 is 0 Å². The van der Waals surface area contributed by atoms with Crippen LogP contribution in [-0.2, 0) is 21.4 Å². The summed E-state index contributed by atoms with van der Waals surface area (Å²) >= 11 is 1.60. The van der Waals surface area contributed by atoms with E-state index in [1.165, 1.54) is 12.8 Å². The van der Waals surface area contributed by atoms with Crippen LogP contribution in [0.25, 0.3) is 0 Å². The largest absolute Gasteiger partial charge is 0.378 e. The highest BCUT2D eigenvalue weighted by molar-refractivity contribution is 7.09. The minimum Gasteiger partial charge on any atom is -0.378 e. The number of nitrogens with zero attached hydrogens (tertiary/aromatic N) is 1. The summed E-state index contributed by atoms with van der Waals surface area (Å²) in [7, 11) is 0. The number of rotatable bonds is 5. The van der Waals surface area contributed by atoms with Crippen molar-refractivity contribution in [1.29, 1.82) is 0 Å². The van der Waals surface area contributed by atoms with E-state index in [0.717, 1.165) is 30.2 Å². The van der Waals surface area contributed by atoms with E-state index in [1.54, 1.807) is 11.3 Å². The quantitative estimate of drug-likeness (QED) is 0.827. The highest BCUT2D eigenvalue weighted by atomic mass is 32.1. The molecule has 1 aromatic rings. The molecule has 0 aromatic carbocycles. The Morgan fingerprint density at radius 3 is 2.85 bits per heavy atom.